The highest BCUT2D eigenvalue weighted by Crippen LogP contribution is 2.24. The largest absolute Gasteiger partial charge is 0.210 e. The molecule has 16 heavy (non-hydrogen) atoms. The first-order valence-corrected chi connectivity index (χ1v) is 5.58. The van der Waals surface area contributed by atoms with Gasteiger partial charge in [-0.25, -0.2) is 0 Å². The van der Waals surface area contributed by atoms with Gasteiger partial charge in [-0.1, -0.05) is 44.0 Å². The number of nitrogens with zero attached hydrogens (tertiary/aromatic N) is 4. The van der Waals surface area contributed by atoms with Crippen molar-refractivity contribution in [2.75, 3.05) is 0 Å². The number of benzene rings is 1. The van der Waals surface area contributed by atoms with Crippen LogP contribution in [0.2, 0.25) is 0 Å². The molecule has 0 aromatic heterocycles. The maximum absolute atomic E-state index is 3.93. The highest BCUT2D eigenvalue weighted by molar-refractivity contribution is 5.26. The lowest BCUT2D eigenvalue weighted by molar-refractivity contribution is 0.736. The summed E-state index contributed by atoms with van der Waals surface area (Å²) in [4.78, 5) is 0. The normalized spacial score (nSPS) is 14.8. The second-order valence-electron chi connectivity index (χ2n) is 3.84. The van der Waals surface area contributed by atoms with Gasteiger partial charge in [0.25, 0.3) is 0 Å². The van der Waals surface area contributed by atoms with E-state index in [0.29, 0.717) is 0 Å². The molecule has 0 unspecified atom stereocenters. The van der Waals surface area contributed by atoms with Crippen molar-refractivity contribution in [2.24, 2.45) is 20.7 Å². The Morgan fingerprint density at radius 1 is 1.12 bits per heavy atom. The third-order valence-electron chi connectivity index (χ3n) is 2.58. The molecule has 1 heterocycles. The predicted octanol–water partition coefficient (Wildman–Crippen LogP) is 4.07. The third-order valence-corrected chi connectivity index (χ3v) is 2.58. The summed E-state index contributed by atoms with van der Waals surface area (Å²) < 4.78 is 0. The van der Waals surface area contributed by atoms with E-state index in [2.05, 4.69) is 39.7 Å². The molecule has 0 amide bonds. The molecule has 1 aromatic carbocycles. The fourth-order valence-electron chi connectivity index (χ4n) is 1.72. The van der Waals surface area contributed by atoms with Crippen molar-refractivity contribution in [3.05, 3.63) is 42.3 Å². The number of hydrogen-bond acceptors (Lipinski definition) is 4. The zero-order valence-electron chi connectivity index (χ0n) is 9.21. The van der Waals surface area contributed by atoms with Crippen molar-refractivity contribution in [3.8, 4) is 0 Å². The fourth-order valence-corrected chi connectivity index (χ4v) is 1.72. The molecule has 0 saturated heterocycles. The Hall–Kier alpha value is -1.58. The second-order valence-corrected chi connectivity index (χ2v) is 3.84. The Morgan fingerprint density at radius 2 is 1.94 bits per heavy atom. The molecule has 4 nitrogen and oxygen atoms in total. The van der Waals surface area contributed by atoms with Crippen LogP contribution in [0.15, 0.2) is 44.9 Å². The summed E-state index contributed by atoms with van der Waals surface area (Å²) in [7, 11) is 0. The first-order valence-electron chi connectivity index (χ1n) is 5.58. The summed E-state index contributed by atoms with van der Waals surface area (Å²) in [5.74, 6) is 0. The van der Waals surface area contributed by atoms with Gasteiger partial charge in [-0.15, -0.1) is 10.2 Å². The van der Waals surface area contributed by atoms with Crippen LogP contribution >= 0.6 is 0 Å². The SMILES string of the molecule is [CH2]CCCCc1cccc(C2N=NN=N2)c1. The van der Waals surface area contributed by atoms with E-state index in [9.17, 15) is 0 Å². The lowest BCUT2D eigenvalue weighted by Crippen LogP contribution is -1.92. The summed E-state index contributed by atoms with van der Waals surface area (Å²) in [6, 6.07) is 8.32. The zero-order valence-corrected chi connectivity index (χ0v) is 9.21. The van der Waals surface area contributed by atoms with Gasteiger partial charge in [0.15, 0.2) is 0 Å². The highest BCUT2D eigenvalue weighted by Gasteiger charge is 2.12. The molecule has 0 saturated carbocycles. The van der Waals surface area contributed by atoms with Crippen LogP contribution < -0.4 is 0 Å². The lowest BCUT2D eigenvalue weighted by atomic mass is 10.0. The third kappa shape index (κ3) is 2.72. The number of hydrogen-bond donors (Lipinski definition) is 0. The van der Waals surface area contributed by atoms with Crippen molar-refractivity contribution in [1.29, 1.82) is 0 Å². The van der Waals surface area contributed by atoms with Gasteiger partial charge >= 0.3 is 0 Å². The van der Waals surface area contributed by atoms with E-state index in [4.69, 9.17) is 0 Å². The molecule has 4 heteroatoms. The van der Waals surface area contributed by atoms with Crippen LogP contribution in [-0.2, 0) is 6.42 Å². The molecule has 2 rings (SSSR count). The van der Waals surface area contributed by atoms with Crippen molar-refractivity contribution in [3.63, 3.8) is 0 Å². The Kier molecular flexibility index (Phi) is 3.75. The first kappa shape index (κ1) is 10.9. The molecule has 0 N–H and O–H groups in total. The summed E-state index contributed by atoms with van der Waals surface area (Å²) in [6.07, 6.45) is 4.22. The van der Waals surface area contributed by atoms with E-state index in [1.165, 1.54) is 18.4 Å². The van der Waals surface area contributed by atoms with Gasteiger partial charge in [-0.3, -0.25) is 0 Å². The van der Waals surface area contributed by atoms with Crippen LogP contribution in [-0.4, -0.2) is 0 Å². The Balaban J connectivity index is 2.01. The van der Waals surface area contributed by atoms with Gasteiger partial charge in [0.1, 0.15) is 0 Å². The van der Waals surface area contributed by atoms with E-state index in [0.717, 1.165) is 18.4 Å². The molecule has 0 aliphatic carbocycles. The van der Waals surface area contributed by atoms with Crippen LogP contribution in [0, 0.1) is 6.92 Å². The van der Waals surface area contributed by atoms with E-state index >= 15 is 0 Å². The number of unbranched alkanes of at least 4 members (excludes halogenated alkanes) is 2. The van der Waals surface area contributed by atoms with Crippen LogP contribution in [0.1, 0.15) is 36.6 Å². The molecule has 0 atom stereocenters. The molecule has 83 valence electrons. The predicted molar refractivity (Wildman–Crippen MR) is 61.8 cm³/mol. The molecular formula is C12H15N4. The highest BCUT2D eigenvalue weighted by atomic mass is 15.6. The topological polar surface area (TPSA) is 49.4 Å². The average Bonchev–Trinajstić information content (AvgIpc) is 2.83. The van der Waals surface area contributed by atoms with Gasteiger partial charge in [0.05, 0.1) is 0 Å². The van der Waals surface area contributed by atoms with E-state index in [1.54, 1.807) is 0 Å². The van der Waals surface area contributed by atoms with E-state index in [1.807, 2.05) is 12.1 Å². The summed E-state index contributed by atoms with van der Waals surface area (Å²) in [5, 5.41) is 14.9. The van der Waals surface area contributed by atoms with Crippen molar-refractivity contribution in [2.45, 2.75) is 31.8 Å². The van der Waals surface area contributed by atoms with Crippen LogP contribution in [0.5, 0.6) is 0 Å². The van der Waals surface area contributed by atoms with Crippen LogP contribution in [0.4, 0.5) is 0 Å². The van der Waals surface area contributed by atoms with Crippen LogP contribution in [0.25, 0.3) is 0 Å². The minimum Gasteiger partial charge on any atom is -0.133 e. The van der Waals surface area contributed by atoms with Crippen molar-refractivity contribution in [1.82, 2.24) is 0 Å². The van der Waals surface area contributed by atoms with E-state index in [-0.39, 0.29) is 6.17 Å². The Morgan fingerprint density at radius 3 is 2.69 bits per heavy atom. The molecule has 0 spiro atoms. The van der Waals surface area contributed by atoms with E-state index < -0.39 is 0 Å². The van der Waals surface area contributed by atoms with Gasteiger partial charge in [0.2, 0.25) is 6.17 Å². The minimum absolute atomic E-state index is 0.229. The maximum Gasteiger partial charge on any atom is 0.210 e. The number of rotatable bonds is 5. The second kappa shape index (κ2) is 5.49. The lowest BCUT2D eigenvalue weighted by Gasteiger charge is -2.05. The quantitative estimate of drug-likeness (QED) is 0.665. The molecule has 1 aliphatic rings. The number of aryl methyl sites for hydroxylation is 1. The molecule has 1 radical (unpaired) electrons. The van der Waals surface area contributed by atoms with Crippen LogP contribution in [0.3, 0.4) is 0 Å². The minimum atomic E-state index is -0.229. The van der Waals surface area contributed by atoms with Gasteiger partial charge in [0, 0.05) is 5.56 Å². The zero-order chi connectivity index (χ0) is 11.2. The monoisotopic (exact) mass is 215 g/mol. The molecular weight excluding hydrogens is 200 g/mol. The summed E-state index contributed by atoms with van der Waals surface area (Å²) >= 11 is 0. The summed E-state index contributed by atoms with van der Waals surface area (Å²) in [6.45, 7) is 3.84. The van der Waals surface area contributed by atoms with Gasteiger partial charge in [-0.2, -0.15) is 0 Å². The average molecular weight is 215 g/mol. The molecule has 0 bridgehead atoms. The fraction of sp³-hybridized carbons (Fsp3) is 0.417. The Bertz CT molecular complexity index is 386. The summed E-state index contributed by atoms with van der Waals surface area (Å²) in [5.41, 5.74) is 2.39. The van der Waals surface area contributed by atoms with Crippen molar-refractivity contribution >= 4 is 0 Å². The molecule has 1 aliphatic heterocycles. The molecule has 1 aromatic rings. The van der Waals surface area contributed by atoms with Gasteiger partial charge < -0.3 is 0 Å². The standard InChI is InChI=1S/C12H15N4/c1-2-3-4-6-10-7-5-8-11(9-10)12-13-15-16-14-12/h5,7-9,12H,1-4,6H2. The van der Waals surface area contributed by atoms with Gasteiger partial charge in [-0.05, 0) is 28.9 Å². The molecule has 0 fully saturated rings. The smallest absolute Gasteiger partial charge is 0.133 e. The van der Waals surface area contributed by atoms with Crippen molar-refractivity contribution < 1.29 is 0 Å². The maximum atomic E-state index is 3.93. The Labute approximate surface area is 95.5 Å². The first-order chi connectivity index (χ1) is 7.90.